The largest absolute Gasteiger partial charge is 0.495 e. The summed E-state index contributed by atoms with van der Waals surface area (Å²) in [5.41, 5.74) is 1.49. The van der Waals surface area contributed by atoms with Gasteiger partial charge in [-0.05, 0) is 43.5 Å². The molecular weight excluding hydrogens is 428 g/mol. The van der Waals surface area contributed by atoms with Crippen molar-refractivity contribution in [3.05, 3.63) is 65.4 Å². The molecule has 7 nitrogen and oxygen atoms in total. The molecule has 1 aliphatic rings. The lowest BCUT2D eigenvalue weighted by Crippen LogP contribution is -2.41. The zero-order valence-corrected chi connectivity index (χ0v) is 18.8. The SMILES string of the molecule is COc1cc(Cl)c(C)cc1NC(=O)[C@H]1CCCN(c2nccnc2Oc2ccccc2)C1. The van der Waals surface area contributed by atoms with E-state index in [-0.39, 0.29) is 11.8 Å². The van der Waals surface area contributed by atoms with Gasteiger partial charge in [0, 0.05) is 36.6 Å². The predicted molar refractivity (Wildman–Crippen MR) is 125 cm³/mol. The van der Waals surface area contributed by atoms with Gasteiger partial charge in [-0.25, -0.2) is 9.97 Å². The van der Waals surface area contributed by atoms with Gasteiger partial charge in [0.25, 0.3) is 5.88 Å². The van der Waals surface area contributed by atoms with Gasteiger partial charge in [-0.1, -0.05) is 29.8 Å². The summed E-state index contributed by atoms with van der Waals surface area (Å²) in [7, 11) is 1.56. The van der Waals surface area contributed by atoms with Crippen LogP contribution in [-0.4, -0.2) is 36.1 Å². The van der Waals surface area contributed by atoms with Crippen LogP contribution in [0.3, 0.4) is 0 Å². The number of rotatable bonds is 6. The molecule has 1 aromatic heterocycles. The van der Waals surface area contributed by atoms with Crippen molar-refractivity contribution in [1.82, 2.24) is 9.97 Å². The zero-order chi connectivity index (χ0) is 22.5. The molecule has 4 rings (SSSR count). The van der Waals surface area contributed by atoms with Crippen molar-refractivity contribution < 1.29 is 14.3 Å². The quantitative estimate of drug-likeness (QED) is 0.561. The number of benzene rings is 2. The molecule has 166 valence electrons. The number of methoxy groups -OCH3 is 1. The Labute approximate surface area is 192 Å². The normalized spacial score (nSPS) is 15.8. The molecule has 0 radical (unpaired) electrons. The van der Waals surface area contributed by atoms with E-state index in [1.807, 2.05) is 43.3 Å². The molecule has 8 heteroatoms. The van der Waals surface area contributed by atoms with Crippen LogP contribution >= 0.6 is 11.6 Å². The maximum absolute atomic E-state index is 13.1. The second-order valence-corrected chi connectivity index (χ2v) is 8.08. The highest BCUT2D eigenvalue weighted by atomic mass is 35.5. The van der Waals surface area contributed by atoms with Crippen molar-refractivity contribution in [2.75, 3.05) is 30.4 Å². The van der Waals surface area contributed by atoms with Crippen LogP contribution in [0.5, 0.6) is 17.4 Å². The first-order valence-corrected chi connectivity index (χ1v) is 10.9. The number of aromatic nitrogens is 2. The Hall–Kier alpha value is -3.32. The van der Waals surface area contributed by atoms with Gasteiger partial charge in [0.2, 0.25) is 5.91 Å². The van der Waals surface area contributed by atoms with Crippen LogP contribution in [-0.2, 0) is 4.79 Å². The standard InChI is InChI=1S/C24H25ClN4O3/c1-16-13-20(21(31-2)14-19(16)25)28-23(30)17-7-6-12-29(15-17)22-24(27-11-10-26-22)32-18-8-4-3-5-9-18/h3-5,8-11,13-14,17H,6-7,12,15H2,1-2H3,(H,28,30)/t17-/m0/s1. The summed E-state index contributed by atoms with van der Waals surface area (Å²) in [6.45, 7) is 3.18. The van der Waals surface area contributed by atoms with Gasteiger partial charge in [0.1, 0.15) is 11.5 Å². The number of anilines is 2. The Balaban J connectivity index is 1.50. The van der Waals surface area contributed by atoms with Gasteiger partial charge in [-0.3, -0.25) is 4.79 Å². The van der Waals surface area contributed by atoms with Crippen LogP contribution in [0.15, 0.2) is 54.9 Å². The van der Waals surface area contributed by atoms with Crippen molar-refractivity contribution in [1.29, 1.82) is 0 Å². The molecule has 0 aliphatic carbocycles. The summed E-state index contributed by atoms with van der Waals surface area (Å²) in [5.74, 6) is 2.00. The number of carbonyl (C=O) groups is 1. The third-order valence-electron chi connectivity index (χ3n) is 5.43. The number of hydrogen-bond acceptors (Lipinski definition) is 6. The zero-order valence-electron chi connectivity index (χ0n) is 18.0. The van der Waals surface area contributed by atoms with Gasteiger partial charge >= 0.3 is 0 Å². The highest BCUT2D eigenvalue weighted by Gasteiger charge is 2.29. The summed E-state index contributed by atoms with van der Waals surface area (Å²) >= 11 is 6.19. The minimum absolute atomic E-state index is 0.0656. The van der Waals surface area contributed by atoms with E-state index >= 15 is 0 Å². The molecule has 32 heavy (non-hydrogen) atoms. The molecule has 0 spiro atoms. The summed E-state index contributed by atoms with van der Waals surface area (Å²) in [5, 5.41) is 3.60. The van der Waals surface area contributed by atoms with Crippen LogP contribution in [0.1, 0.15) is 18.4 Å². The van der Waals surface area contributed by atoms with E-state index in [2.05, 4.69) is 20.2 Å². The van der Waals surface area contributed by atoms with Gasteiger partial charge in [-0.15, -0.1) is 0 Å². The fraction of sp³-hybridized carbons (Fsp3) is 0.292. The minimum atomic E-state index is -0.212. The topological polar surface area (TPSA) is 76.6 Å². The van der Waals surface area contributed by atoms with E-state index in [1.54, 1.807) is 25.6 Å². The number of halogens is 1. The number of para-hydroxylation sites is 1. The molecule has 1 atom stereocenters. The van der Waals surface area contributed by atoms with Crippen molar-refractivity contribution in [3.63, 3.8) is 0 Å². The van der Waals surface area contributed by atoms with E-state index in [9.17, 15) is 4.79 Å². The maximum Gasteiger partial charge on any atom is 0.263 e. The number of hydrogen-bond donors (Lipinski definition) is 1. The molecule has 0 bridgehead atoms. The van der Waals surface area contributed by atoms with Crippen molar-refractivity contribution in [2.45, 2.75) is 19.8 Å². The average molecular weight is 453 g/mol. The first-order valence-electron chi connectivity index (χ1n) is 10.5. The highest BCUT2D eigenvalue weighted by Crippen LogP contribution is 2.33. The Morgan fingerprint density at radius 3 is 2.75 bits per heavy atom. The molecule has 0 saturated carbocycles. The van der Waals surface area contributed by atoms with Crippen LogP contribution in [0, 0.1) is 12.8 Å². The van der Waals surface area contributed by atoms with Crippen LogP contribution in [0.2, 0.25) is 5.02 Å². The summed E-state index contributed by atoms with van der Waals surface area (Å²) in [4.78, 5) is 24.0. The molecule has 3 aromatic rings. The number of nitrogens with one attached hydrogen (secondary N) is 1. The minimum Gasteiger partial charge on any atom is -0.495 e. The van der Waals surface area contributed by atoms with E-state index in [0.29, 0.717) is 40.5 Å². The number of aryl methyl sites for hydroxylation is 1. The molecule has 1 N–H and O–H groups in total. The van der Waals surface area contributed by atoms with Crippen LogP contribution < -0.4 is 19.7 Å². The lowest BCUT2D eigenvalue weighted by Gasteiger charge is -2.33. The Bertz CT molecular complexity index is 1090. The number of ether oxygens (including phenoxy) is 2. The predicted octanol–water partition coefficient (Wildman–Crippen LogP) is 5.09. The Kier molecular flexibility index (Phi) is 6.75. The summed E-state index contributed by atoms with van der Waals surface area (Å²) in [6.07, 6.45) is 4.88. The second kappa shape index (κ2) is 9.87. The van der Waals surface area contributed by atoms with E-state index < -0.39 is 0 Å². The lowest BCUT2D eigenvalue weighted by molar-refractivity contribution is -0.120. The lowest BCUT2D eigenvalue weighted by atomic mass is 9.97. The smallest absolute Gasteiger partial charge is 0.263 e. The first-order chi connectivity index (χ1) is 15.5. The molecule has 0 unspecified atom stereocenters. The van der Waals surface area contributed by atoms with E-state index in [0.717, 1.165) is 24.9 Å². The molecule has 1 fully saturated rings. The van der Waals surface area contributed by atoms with Crippen LogP contribution in [0.4, 0.5) is 11.5 Å². The molecule has 2 aromatic carbocycles. The van der Waals surface area contributed by atoms with Crippen LogP contribution in [0.25, 0.3) is 0 Å². The molecular formula is C24H25ClN4O3. The van der Waals surface area contributed by atoms with Crippen molar-refractivity contribution in [3.8, 4) is 17.4 Å². The van der Waals surface area contributed by atoms with Gasteiger partial charge in [-0.2, -0.15) is 0 Å². The Morgan fingerprint density at radius 2 is 1.97 bits per heavy atom. The summed E-state index contributed by atoms with van der Waals surface area (Å²) < 4.78 is 11.4. The highest BCUT2D eigenvalue weighted by molar-refractivity contribution is 6.31. The van der Waals surface area contributed by atoms with Gasteiger partial charge < -0.3 is 19.7 Å². The first kappa shape index (κ1) is 21.9. The molecule has 1 aliphatic heterocycles. The Morgan fingerprint density at radius 1 is 1.19 bits per heavy atom. The monoisotopic (exact) mass is 452 g/mol. The fourth-order valence-electron chi connectivity index (χ4n) is 3.76. The average Bonchev–Trinajstić information content (AvgIpc) is 2.82. The third-order valence-corrected chi connectivity index (χ3v) is 5.84. The van der Waals surface area contributed by atoms with Gasteiger partial charge in [0.05, 0.1) is 18.7 Å². The third kappa shape index (κ3) is 4.94. The van der Waals surface area contributed by atoms with Crippen molar-refractivity contribution >= 4 is 29.0 Å². The molecule has 1 amide bonds. The van der Waals surface area contributed by atoms with E-state index in [4.69, 9.17) is 21.1 Å². The second-order valence-electron chi connectivity index (χ2n) is 7.68. The molecule has 1 saturated heterocycles. The number of nitrogens with zero attached hydrogens (tertiary/aromatic N) is 3. The van der Waals surface area contributed by atoms with Crippen molar-refractivity contribution in [2.24, 2.45) is 5.92 Å². The summed E-state index contributed by atoms with van der Waals surface area (Å²) in [6, 6.07) is 13.0. The van der Waals surface area contributed by atoms with Gasteiger partial charge in [0.15, 0.2) is 5.82 Å². The molecule has 2 heterocycles. The number of amides is 1. The maximum atomic E-state index is 13.1. The number of piperidine rings is 1. The number of carbonyl (C=O) groups excluding carboxylic acids is 1. The fourth-order valence-corrected chi connectivity index (χ4v) is 3.91. The van der Waals surface area contributed by atoms with E-state index in [1.165, 1.54) is 0 Å².